The Morgan fingerprint density at radius 3 is 2.33 bits per heavy atom. The minimum atomic E-state index is -3.76. The van der Waals surface area contributed by atoms with Crippen LogP contribution in [0.4, 0.5) is 15.8 Å². The molecule has 0 aliphatic rings. The molecular formula is C15H13Cl2FN2O3S. The third-order valence-corrected chi connectivity index (χ3v) is 4.66. The topological polar surface area (TPSA) is 66.5 Å². The van der Waals surface area contributed by atoms with Gasteiger partial charge in [0, 0.05) is 10.7 Å². The zero-order valence-electron chi connectivity index (χ0n) is 12.5. The molecule has 0 saturated carbocycles. The molecule has 5 nitrogen and oxygen atoms in total. The van der Waals surface area contributed by atoms with Crippen molar-refractivity contribution in [1.29, 1.82) is 0 Å². The van der Waals surface area contributed by atoms with Crippen LogP contribution < -0.4 is 9.62 Å². The van der Waals surface area contributed by atoms with Gasteiger partial charge in [0.05, 0.1) is 17.0 Å². The maximum absolute atomic E-state index is 12.9. The molecule has 0 aromatic heterocycles. The van der Waals surface area contributed by atoms with Crippen molar-refractivity contribution in [3.63, 3.8) is 0 Å². The third-order valence-electron chi connectivity index (χ3n) is 2.99. The SMILES string of the molecule is CS(=O)(=O)N(CC(=O)Nc1ccc(F)cc1)c1ccc(Cl)cc1Cl. The molecule has 0 radical (unpaired) electrons. The number of nitrogens with one attached hydrogen (secondary N) is 1. The molecular weight excluding hydrogens is 378 g/mol. The highest BCUT2D eigenvalue weighted by Crippen LogP contribution is 2.30. The van der Waals surface area contributed by atoms with Crippen LogP contribution in [0, 0.1) is 5.82 Å². The highest BCUT2D eigenvalue weighted by molar-refractivity contribution is 7.92. The van der Waals surface area contributed by atoms with Gasteiger partial charge in [-0.25, -0.2) is 12.8 Å². The van der Waals surface area contributed by atoms with E-state index in [1.54, 1.807) is 0 Å². The second kappa shape index (κ2) is 7.38. The summed E-state index contributed by atoms with van der Waals surface area (Å²) in [6.07, 6.45) is 0.961. The number of halogens is 3. The van der Waals surface area contributed by atoms with Gasteiger partial charge >= 0.3 is 0 Å². The summed E-state index contributed by atoms with van der Waals surface area (Å²) >= 11 is 11.8. The van der Waals surface area contributed by atoms with E-state index in [-0.39, 0.29) is 10.7 Å². The maximum atomic E-state index is 12.9. The van der Waals surface area contributed by atoms with Crippen LogP contribution in [0.5, 0.6) is 0 Å². The van der Waals surface area contributed by atoms with Gasteiger partial charge in [-0.3, -0.25) is 9.10 Å². The maximum Gasteiger partial charge on any atom is 0.245 e. The predicted molar refractivity (Wildman–Crippen MR) is 93.7 cm³/mol. The molecule has 24 heavy (non-hydrogen) atoms. The summed E-state index contributed by atoms with van der Waals surface area (Å²) in [7, 11) is -3.76. The molecule has 2 aromatic rings. The third kappa shape index (κ3) is 4.83. The number of amides is 1. The fraction of sp³-hybridized carbons (Fsp3) is 0.133. The molecule has 0 saturated heterocycles. The van der Waals surface area contributed by atoms with E-state index in [2.05, 4.69) is 5.32 Å². The van der Waals surface area contributed by atoms with Gasteiger partial charge in [-0.05, 0) is 42.5 Å². The Kier molecular flexibility index (Phi) is 5.69. The highest BCUT2D eigenvalue weighted by atomic mass is 35.5. The average Bonchev–Trinajstić information content (AvgIpc) is 2.47. The lowest BCUT2D eigenvalue weighted by Gasteiger charge is -2.23. The summed E-state index contributed by atoms with van der Waals surface area (Å²) in [6.45, 7) is -0.489. The number of benzene rings is 2. The Bertz CT molecular complexity index is 858. The Balaban J connectivity index is 2.23. The van der Waals surface area contributed by atoms with Crippen LogP contribution in [-0.2, 0) is 14.8 Å². The molecule has 0 spiro atoms. The van der Waals surface area contributed by atoms with Crippen LogP contribution in [0.25, 0.3) is 0 Å². The Hall–Kier alpha value is -1.83. The first-order chi connectivity index (χ1) is 11.2. The highest BCUT2D eigenvalue weighted by Gasteiger charge is 2.23. The van der Waals surface area contributed by atoms with E-state index < -0.39 is 28.3 Å². The first kappa shape index (κ1) is 18.5. The van der Waals surface area contributed by atoms with Crippen LogP contribution in [0.15, 0.2) is 42.5 Å². The van der Waals surface area contributed by atoms with E-state index >= 15 is 0 Å². The molecule has 0 aliphatic heterocycles. The number of nitrogens with zero attached hydrogens (tertiary/aromatic N) is 1. The van der Waals surface area contributed by atoms with Crippen molar-refractivity contribution in [2.45, 2.75) is 0 Å². The lowest BCUT2D eigenvalue weighted by Crippen LogP contribution is -2.37. The van der Waals surface area contributed by atoms with E-state index in [4.69, 9.17) is 23.2 Å². The molecule has 0 atom stereocenters. The molecule has 1 N–H and O–H groups in total. The van der Waals surface area contributed by atoms with Crippen molar-refractivity contribution >= 4 is 50.5 Å². The van der Waals surface area contributed by atoms with Crippen molar-refractivity contribution in [3.05, 3.63) is 58.3 Å². The monoisotopic (exact) mass is 390 g/mol. The number of hydrogen-bond donors (Lipinski definition) is 1. The second-order valence-corrected chi connectivity index (χ2v) is 7.67. The van der Waals surface area contributed by atoms with Gasteiger partial charge < -0.3 is 5.32 Å². The predicted octanol–water partition coefficient (Wildman–Crippen LogP) is 3.54. The van der Waals surface area contributed by atoms with Crippen molar-refractivity contribution in [2.24, 2.45) is 0 Å². The number of sulfonamides is 1. The van der Waals surface area contributed by atoms with E-state index in [9.17, 15) is 17.6 Å². The van der Waals surface area contributed by atoms with Gasteiger partial charge in [-0.2, -0.15) is 0 Å². The van der Waals surface area contributed by atoms with Crippen LogP contribution in [0.1, 0.15) is 0 Å². The van der Waals surface area contributed by atoms with Gasteiger partial charge in [0.15, 0.2) is 0 Å². The Morgan fingerprint density at radius 2 is 1.79 bits per heavy atom. The van der Waals surface area contributed by atoms with Crippen molar-refractivity contribution in [2.75, 3.05) is 22.4 Å². The van der Waals surface area contributed by atoms with Crippen molar-refractivity contribution in [3.8, 4) is 0 Å². The normalized spacial score (nSPS) is 11.2. The number of rotatable bonds is 5. The van der Waals surface area contributed by atoms with Crippen LogP contribution in [-0.4, -0.2) is 27.1 Å². The molecule has 9 heteroatoms. The summed E-state index contributed by atoms with van der Waals surface area (Å²) in [6, 6.07) is 9.37. The molecule has 0 fully saturated rings. The number of anilines is 2. The zero-order valence-corrected chi connectivity index (χ0v) is 14.8. The molecule has 0 bridgehead atoms. The number of carbonyl (C=O) groups excluding carboxylic acids is 1. The number of carbonyl (C=O) groups is 1. The summed E-state index contributed by atoms with van der Waals surface area (Å²) in [4.78, 5) is 12.1. The van der Waals surface area contributed by atoms with Crippen LogP contribution in [0.3, 0.4) is 0 Å². The van der Waals surface area contributed by atoms with Crippen molar-refractivity contribution < 1.29 is 17.6 Å². The molecule has 128 valence electrons. The molecule has 1 amide bonds. The summed E-state index contributed by atoms with van der Waals surface area (Å²) in [5, 5.41) is 2.93. The Labute approximate surface area is 149 Å². The lowest BCUT2D eigenvalue weighted by atomic mass is 10.3. The smallest absolute Gasteiger partial charge is 0.245 e. The fourth-order valence-electron chi connectivity index (χ4n) is 1.93. The number of hydrogen-bond acceptors (Lipinski definition) is 3. The summed E-state index contributed by atoms with van der Waals surface area (Å²) < 4.78 is 37.7. The first-order valence-electron chi connectivity index (χ1n) is 6.65. The fourth-order valence-corrected chi connectivity index (χ4v) is 3.36. The van der Waals surface area contributed by atoms with E-state index in [0.717, 1.165) is 10.6 Å². The van der Waals surface area contributed by atoms with Crippen LogP contribution in [0.2, 0.25) is 10.0 Å². The van der Waals surface area contributed by atoms with Gasteiger partial charge in [-0.1, -0.05) is 23.2 Å². The summed E-state index contributed by atoms with van der Waals surface area (Å²) in [5.74, 6) is -1.04. The standard InChI is InChI=1S/C15H13Cl2FN2O3S/c1-24(22,23)20(14-7-2-10(16)8-13(14)17)9-15(21)19-12-5-3-11(18)4-6-12/h2-8H,9H2,1H3,(H,19,21). The van der Waals surface area contributed by atoms with Gasteiger partial charge in [0.25, 0.3) is 0 Å². The average molecular weight is 391 g/mol. The largest absolute Gasteiger partial charge is 0.325 e. The lowest BCUT2D eigenvalue weighted by molar-refractivity contribution is -0.114. The molecule has 0 heterocycles. The molecule has 0 unspecified atom stereocenters. The Morgan fingerprint density at radius 1 is 1.17 bits per heavy atom. The minimum Gasteiger partial charge on any atom is -0.325 e. The zero-order chi connectivity index (χ0) is 17.9. The van der Waals surface area contributed by atoms with Crippen LogP contribution >= 0.6 is 23.2 Å². The molecule has 2 rings (SSSR count). The minimum absolute atomic E-state index is 0.0995. The van der Waals surface area contributed by atoms with Gasteiger partial charge in [0.2, 0.25) is 15.9 Å². The summed E-state index contributed by atoms with van der Waals surface area (Å²) in [5.41, 5.74) is 0.481. The van der Waals surface area contributed by atoms with Gasteiger partial charge in [-0.15, -0.1) is 0 Å². The first-order valence-corrected chi connectivity index (χ1v) is 9.25. The second-order valence-electron chi connectivity index (χ2n) is 4.92. The van der Waals surface area contributed by atoms with E-state index in [0.29, 0.717) is 10.7 Å². The van der Waals surface area contributed by atoms with E-state index in [1.165, 1.54) is 42.5 Å². The van der Waals surface area contributed by atoms with Crippen molar-refractivity contribution in [1.82, 2.24) is 0 Å². The molecule has 0 aliphatic carbocycles. The quantitative estimate of drug-likeness (QED) is 0.848. The molecule has 2 aromatic carbocycles. The van der Waals surface area contributed by atoms with Gasteiger partial charge in [0.1, 0.15) is 12.4 Å². The van der Waals surface area contributed by atoms with E-state index in [1.807, 2.05) is 0 Å².